The van der Waals surface area contributed by atoms with Gasteiger partial charge in [-0.3, -0.25) is 9.20 Å². The van der Waals surface area contributed by atoms with Gasteiger partial charge in [0.1, 0.15) is 12.1 Å². The minimum atomic E-state index is -1.40. The molecule has 2 aromatic heterocycles. The molecule has 0 saturated carbocycles. The van der Waals surface area contributed by atoms with Crippen molar-refractivity contribution in [2.45, 2.75) is 25.9 Å². The molecule has 0 aliphatic carbocycles. The number of aliphatic carboxylic acids is 1. The molecule has 20 heavy (non-hydrogen) atoms. The molecule has 1 amide bonds. The number of rotatable bonds is 4. The number of hydrogen-bond acceptors (Lipinski definition) is 4. The monoisotopic (exact) mass is 278 g/mol. The van der Waals surface area contributed by atoms with Gasteiger partial charge in [-0.25, -0.2) is 14.3 Å². The summed E-state index contributed by atoms with van der Waals surface area (Å²) in [7, 11) is 0. The molecule has 2 rings (SSSR count). The molecule has 0 aromatic carbocycles. The second-order valence-corrected chi connectivity index (χ2v) is 4.85. The van der Waals surface area contributed by atoms with Crippen LogP contribution in [0, 0.1) is 0 Å². The van der Waals surface area contributed by atoms with Crippen LogP contribution in [0.5, 0.6) is 0 Å². The van der Waals surface area contributed by atoms with Crippen LogP contribution < -0.4 is 11.0 Å². The number of carboxylic acid groups (broad SMARTS) is 1. The number of nitrogens with zero attached hydrogens (tertiary/aromatic N) is 3. The Kier molecular flexibility index (Phi) is 3.31. The quantitative estimate of drug-likeness (QED) is 0.782. The average molecular weight is 278 g/mol. The van der Waals surface area contributed by atoms with Crippen LogP contribution in [-0.4, -0.2) is 36.7 Å². The Hall–Kier alpha value is -2.64. The number of carbonyl (C=O) groups is 2. The van der Waals surface area contributed by atoms with Gasteiger partial charge in [-0.05, 0) is 26.0 Å². The Morgan fingerprint density at radius 1 is 1.40 bits per heavy atom. The van der Waals surface area contributed by atoms with E-state index in [9.17, 15) is 14.4 Å². The van der Waals surface area contributed by atoms with E-state index in [2.05, 4.69) is 10.4 Å². The van der Waals surface area contributed by atoms with E-state index in [-0.39, 0.29) is 6.54 Å². The van der Waals surface area contributed by atoms with E-state index >= 15 is 0 Å². The van der Waals surface area contributed by atoms with E-state index in [0.29, 0.717) is 5.65 Å². The first-order valence-electron chi connectivity index (χ1n) is 5.90. The summed E-state index contributed by atoms with van der Waals surface area (Å²) in [5, 5.41) is 15.2. The molecule has 0 saturated heterocycles. The molecule has 2 N–H and O–H groups in total. The Morgan fingerprint density at radius 3 is 2.70 bits per heavy atom. The van der Waals surface area contributed by atoms with Gasteiger partial charge in [0.25, 0.3) is 0 Å². The molecule has 8 nitrogen and oxygen atoms in total. The molecule has 0 atom stereocenters. The topological polar surface area (TPSA) is 106 Å². The van der Waals surface area contributed by atoms with Gasteiger partial charge in [-0.15, -0.1) is 5.10 Å². The van der Waals surface area contributed by atoms with Gasteiger partial charge < -0.3 is 10.4 Å². The molecule has 0 aliphatic heterocycles. The van der Waals surface area contributed by atoms with Crippen molar-refractivity contribution in [2.24, 2.45) is 0 Å². The summed E-state index contributed by atoms with van der Waals surface area (Å²) in [6, 6.07) is 5.03. The Labute approximate surface area is 113 Å². The first-order valence-corrected chi connectivity index (χ1v) is 5.90. The number of fused-ring (bicyclic) bond motifs is 1. The zero-order valence-corrected chi connectivity index (χ0v) is 11.0. The largest absolute Gasteiger partial charge is 0.480 e. The fourth-order valence-electron chi connectivity index (χ4n) is 1.65. The maximum atomic E-state index is 11.9. The lowest BCUT2D eigenvalue weighted by atomic mass is 10.1. The van der Waals surface area contributed by atoms with Gasteiger partial charge in [-0.1, -0.05) is 6.07 Å². The number of carbonyl (C=O) groups excluding carboxylic acids is 1. The maximum Gasteiger partial charge on any atom is 0.350 e. The van der Waals surface area contributed by atoms with Crippen LogP contribution in [-0.2, 0) is 16.1 Å². The lowest BCUT2D eigenvalue weighted by Crippen LogP contribution is -2.51. The van der Waals surface area contributed by atoms with E-state index in [1.807, 2.05) is 0 Å². The fourth-order valence-corrected chi connectivity index (χ4v) is 1.65. The van der Waals surface area contributed by atoms with Gasteiger partial charge in [0.15, 0.2) is 5.65 Å². The first-order chi connectivity index (χ1) is 9.31. The molecular formula is C12H14N4O4. The second-order valence-electron chi connectivity index (χ2n) is 4.85. The van der Waals surface area contributed by atoms with Gasteiger partial charge in [-0.2, -0.15) is 0 Å². The number of pyridine rings is 1. The predicted octanol–water partition coefficient (Wildman–Crippen LogP) is -0.525. The third kappa shape index (κ3) is 2.53. The number of amides is 1. The van der Waals surface area contributed by atoms with Crippen molar-refractivity contribution in [3.05, 3.63) is 34.9 Å². The molecule has 8 heteroatoms. The van der Waals surface area contributed by atoms with Crippen molar-refractivity contribution in [1.29, 1.82) is 0 Å². The lowest BCUT2D eigenvalue weighted by molar-refractivity contribution is -0.146. The SMILES string of the molecule is CC(C)(NC(=O)Cn1nc2ccccn2c1=O)C(=O)O. The Bertz CT molecular complexity index is 728. The summed E-state index contributed by atoms with van der Waals surface area (Å²) in [5.74, 6) is -1.75. The summed E-state index contributed by atoms with van der Waals surface area (Å²) < 4.78 is 2.29. The smallest absolute Gasteiger partial charge is 0.350 e. The molecule has 2 aromatic rings. The van der Waals surface area contributed by atoms with Crippen LogP contribution in [0.15, 0.2) is 29.2 Å². The Balaban J connectivity index is 2.21. The molecule has 0 aliphatic rings. The summed E-state index contributed by atoms with van der Waals surface area (Å²) in [6.45, 7) is 2.39. The summed E-state index contributed by atoms with van der Waals surface area (Å²) in [6.07, 6.45) is 1.54. The molecule has 0 unspecified atom stereocenters. The number of carboxylic acids is 1. The zero-order chi connectivity index (χ0) is 14.9. The van der Waals surface area contributed by atoms with E-state index < -0.39 is 23.1 Å². The van der Waals surface area contributed by atoms with E-state index in [4.69, 9.17) is 5.11 Å². The van der Waals surface area contributed by atoms with Crippen LogP contribution >= 0.6 is 0 Å². The lowest BCUT2D eigenvalue weighted by Gasteiger charge is -2.20. The van der Waals surface area contributed by atoms with Crippen LogP contribution in [0.2, 0.25) is 0 Å². The highest BCUT2D eigenvalue weighted by Crippen LogP contribution is 2.02. The second kappa shape index (κ2) is 4.80. The fraction of sp³-hybridized carbons (Fsp3) is 0.333. The maximum absolute atomic E-state index is 11.9. The predicted molar refractivity (Wildman–Crippen MR) is 69.3 cm³/mol. The van der Waals surface area contributed by atoms with Crippen molar-refractivity contribution in [3.63, 3.8) is 0 Å². The third-order valence-electron chi connectivity index (χ3n) is 2.77. The van der Waals surface area contributed by atoms with Crippen molar-refractivity contribution in [3.8, 4) is 0 Å². The first kappa shape index (κ1) is 13.8. The molecule has 0 fully saturated rings. The van der Waals surface area contributed by atoms with E-state index in [1.165, 1.54) is 18.2 Å². The Morgan fingerprint density at radius 2 is 2.10 bits per heavy atom. The van der Waals surface area contributed by atoms with Gasteiger partial charge >= 0.3 is 11.7 Å². The van der Waals surface area contributed by atoms with Crippen molar-refractivity contribution >= 4 is 17.5 Å². The van der Waals surface area contributed by atoms with Crippen LogP contribution in [0.25, 0.3) is 5.65 Å². The number of nitrogens with one attached hydrogen (secondary N) is 1. The minimum absolute atomic E-state index is 0.336. The summed E-state index contributed by atoms with van der Waals surface area (Å²) in [5.41, 5.74) is -1.44. The van der Waals surface area contributed by atoms with Gasteiger partial charge in [0.2, 0.25) is 5.91 Å². The standard InChI is InChI=1S/C12H14N4O4/c1-12(2,10(18)19)13-9(17)7-16-11(20)15-6-4-3-5-8(15)14-16/h3-6H,7H2,1-2H3,(H,13,17)(H,18,19). The molecule has 0 spiro atoms. The molecular weight excluding hydrogens is 264 g/mol. The van der Waals surface area contributed by atoms with E-state index in [0.717, 1.165) is 4.68 Å². The average Bonchev–Trinajstić information content (AvgIpc) is 2.66. The molecule has 0 bridgehead atoms. The summed E-state index contributed by atoms with van der Waals surface area (Å²) >= 11 is 0. The number of hydrogen-bond donors (Lipinski definition) is 2. The summed E-state index contributed by atoms with van der Waals surface area (Å²) in [4.78, 5) is 34.6. The van der Waals surface area contributed by atoms with Crippen LogP contribution in [0.1, 0.15) is 13.8 Å². The normalized spacial score (nSPS) is 11.5. The van der Waals surface area contributed by atoms with Crippen molar-refractivity contribution < 1.29 is 14.7 Å². The molecule has 0 radical (unpaired) electrons. The van der Waals surface area contributed by atoms with E-state index in [1.54, 1.807) is 24.4 Å². The van der Waals surface area contributed by atoms with Crippen LogP contribution in [0.3, 0.4) is 0 Å². The highest BCUT2D eigenvalue weighted by molar-refractivity contribution is 5.86. The third-order valence-corrected chi connectivity index (χ3v) is 2.77. The molecule has 2 heterocycles. The number of aromatic nitrogens is 3. The van der Waals surface area contributed by atoms with Crippen LogP contribution in [0.4, 0.5) is 0 Å². The highest BCUT2D eigenvalue weighted by atomic mass is 16.4. The van der Waals surface area contributed by atoms with Gasteiger partial charge in [0.05, 0.1) is 0 Å². The highest BCUT2D eigenvalue weighted by Gasteiger charge is 2.29. The minimum Gasteiger partial charge on any atom is -0.480 e. The van der Waals surface area contributed by atoms with Crippen molar-refractivity contribution in [2.75, 3.05) is 0 Å². The van der Waals surface area contributed by atoms with Gasteiger partial charge in [0, 0.05) is 6.20 Å². The van der Waals surface area contributed by atoms with Crippen molar-refractivity contribution in [1.82, 2.24) is 19.5 Å². The zero-order valence-electron chi connectivity index (χ0n) is 11.0. The molecule has 106 valence electrons.